The summed E-state index contributed by atoms with van der Waals surface area (Å²) < 4.78 is 26.1. The lowest BCUT2D eigenvalue weighted by Crippen LogP contribution is -2.49. The van der Waals surface area contributed by atoms with Gasteiger partial charge in [0, 0.05) is 19.1 Å². The van der Waals surface area contributed by atoms with E-state index in [0.717, 1.165) is 12.0 Å². The van der Waals surface area contributed by atoms with E-state index >= 15 is 0 Å². The molecule has 1 aromatic carbocycles. The summed E-state index contributed by atoms with van der Waals surface area (Å²) in [5.74, 6) is 0.461. The van der Waals surface area contributed by atoms with Gasteiger partial charge in [0.25, 0.3) is 0 Å². The van der Waals surface area contributed by atoms with Crippen molar-refractivity contribution in [1.82, 2.24) is 4.31 Å². The van der Waals surface area contributed by atoms with Crippen LogP contribution in [0, 0.1) is 5.92 Å². The fourth-order valence-corrected chi connectivity index (χ4v) is 3.78. The molecule has 0 bridgehead atoms. The van der Waals surface area contributed by atoms with Crippen LogP contribution in [0.3, 0.4) is 0 Å². The Morgan fingerprint density at radius 3 is 2.61 bits per heavy atom. The van der Waals surface area contributed by atoms with Crippen molar-refractivity contribution < 1.29 is 8.42 Å². The molecule has 2 unspecified atom stereocenters. The summed E-state index contributed by atoms with van der Waals surface area (Å²) in [5, 5.41) is 0. The second kappa shape index (κ2) is 5.38. The van der Waals surface area contributed by atoms with E-state index in [0.29, 0.717) is 19.0 Å². The number of sulfonamides is 1. The molecule has 2 N–H and O–H groups in total. The summed E-state index contributed by atoms with van der Waals surface area (Å²) in [6.07, 6.45) is 0.842. The summed E-state index contributed by atoms with van der Waals surface area (Å²) >= 11 is 0. The molecule has 1 aliphatic rings. The van der Waals surface area contributed by atoms with Crippen LogP contribution < -0.4 is 5.73 Å². The van der Waals surface area contributed by atoms with Gasteiger partial charge in [-0.05, 0) is 17.9 Å². The van der Waals surface area contributed by atoms with Crippen molar-refractivity contribution in [1.29, 1.82) is 0 Å². The first-order valence-corrected chi connectivity index (χ1v) is 7.87. The number of piperidine rings is 1. The molecule has 0 amide bonds. The minimum atomic E-state index is -3.24. The van der Waals surface area contributed by atoms with Crippen LogP contribution in [0.25, 0.3) is 0 Å². The largest absolute Gasteiger partial charge is 0.326 e. The molecule has 1 aromatic rings. The quantitative estimate of drug-likeness (QED) is 0.895. The molecule has 18 heavy (non-hydrogen) atoms. The average Bonchev–Trinajstić information content (AvgIpc) is 2.33. The second-order valence-corrected chi connectivity index (χ2v) is 7.00. The number of hydrogen-bond donors (Lipinski definition) is 1. The van der Waals surface area contributed by atoms with Crippen molar-refractivity contribution in [2.75, 3.05) is 13.1 Å². The van der Waals surface area contributed by atoms with Crippen LogP contribution in [-0.4, -0.2) is 31.9 Å². The number of benzene rings is 1. The third kappa shape index (κ3) is 3.10. The van der Waals surface area contributed by atoms with Gasteiger partial charge < -0.3 is 5.73 Å². The van der Waals surface area contributed by atoms with Crippen molar-refractivity contribution >= 4 is 10.0 Å². The summed E-state index contributed by atoms with van der Waals surface area (Å²) in [6, 6.07) is 9.22. The van der Waals surface area contributed by atoms with Gasteiger partial charge in [0.05, 0.1) is 5.75 Å². The van der Waals surface area contributed by atoms with E-state index in [1.807, 2.05) is 30.3 Å². The predicted molar refractivity (Wildman–Crippen MR) is 72.4 cm³/mol. The molecule has 2 rings (SSSR count). The zero-order valence-corrected chi connectivity index (χ0v) is 11.4. The van der Waals surface area contributed by atoms with Gasteiger partial charge in [0.2, 0.25) is 10.0 Å². The van der Waals surface area contributed by atoms with Gasteiger partial charge in [-0.15, -0.1) is 0 Å². The molecule has 5 heteroatoms. The lowest BCUT2D eigenvalue weighted by Gasteiger charge is -2.34. The number of nitrogens with two attached hydrogens (primary N) is 1. The zero-order valence-electron chi connectivity index (χ0n) is 10.6. The standard InChI is InChI=1S/C13H20N2O2S/c1-11-7-8-15(9-13(11)14)18(16,17)10-12-5-3-2-4-6-12/h2-6,11,13H,7-10,14H2,1H3. The first-order valence-electron chi connectivity index (χ1n) is 6.26. The molecule has 0 aliphatic carbocycles. The fraction of sp³-hybridized carbons (Fsp3) is 0.538. The van der Waals surface area contributed by atoms with Crippen molar-refractivity contribution in [2.45, 2.75) is 25.1 Å². The maximum absolute atomic E-state index is 12.3. The van der Waals surface area contributed by atoms with Crippen LogP contribution in [0.2, 0.25) is 0 Å². The van der Waals surface area contributed by atoms with Crippen molar-refractivity contribution in [3.8, 4) is 0 Å². The number of nitrogens with zero attached hydrogens (tertiary/aromatic N) is 1. The highest BCUT2D eigenvalue weighted by molar-refractivity contribution is 7.88. The second-order valence-electron chi connectivity index (χ2n) is 5.03. The minimum absolute atomic E-state index is 0.0516. The molecule has 0 spiro atoms. The van der Waals surface area contributed by atoms with Crippen LogP contribution >= 0.6 is 0 Å². The highest BCUT2D eigenvalue weighted by Gasteiger charge is 2.30. The fourth-order valence-electron chi connectivity index (χ4n) is 2.20. The van der Waals surface area contributed by atoms with Crippen LogP contribution in [0.4, 0.5) is 0 Å². The molecule has 1 heterocycles. The molecule has 2 atom stereocenters. The average molecular weight is 268 g/mol. The first-order chi connectivity index (χ1) is 8.49. The molecule has 0 aromatic heterocycles. The number of rotatable bonds is 3. The van der Waals surface area contributed by atoms with Gasteiger partial charge in [-0.3, -0.25) is 0 Å². The maximum atomic E-state index is 12.3. The Kier molecular flexibility index (Phi) is 4.04. The van der Waals surface area contributed by atoms with E-state index in [1.165, 1.54) is 4.31 Å². The van der Waals surface area contributed by atoms with E-state index in [9.17, 15) is 8.42 Å². The van der Waals surface area contributed by atoms with Crippen molar-refractivity contribution in [3.63, 3.8) is 0 Å². The summed E-state index contributed by atoms with van der Waals surface area (Å²) in [7, 11) is -3.24. The molecule has 1 fully saturated rings. The molecular formula is C13H20N2O2S. The van der Waals surface area contributed by atoms with E-state index in [-0.39, 0.29) is 11.8 Å². The Bertz CT molecular complexity index is 487. The van der Waals surface area contributed by atoms with Crippen LogP contribution in [0.15, 0.2) is 30.3 Å². The van der Waals surface area contributed by atoms with E-state index in [1.54, 1.807) is 0 Å². The molecule has 100 valence electrons. The number of hydrogen-bond acceptors (Lipinski definition) is 3. The minimum Gasteiger partial charge on any atom is -0.326 e. The molecule has 0 radical (unpaired) electrons. The van der Waals surface area contributed by atoms with Gasteiger partial charge in [-0.1, -0.05) is 37.3 Å². The van der Waals surface area contributed by atoms with Crippen LogP contribution in [0.1, 0.15) is 18.9 Å². The Morgan fingerprint density at radius 2 is 2.00 bits per heavy atom. The van der Waals surface area contributed by atoms with E-state index in [4.69, 9.17) is 5.73 Å². The topological polar surface area (TPSA) is 63.4 Å². The lowest BCUT2D eigenvalue weighted by atomic mass is 9.96. The summed E-state index contributed by atoms with van der Waals surface area (Å²) in [5.41, 5.74) is 6.78. The van der Waals surface area contributed by atoms with Gasteiger partial charge in [0.15, 0.2) is 0 Å². The predicted octanol–water partition coefficient (Wildman–Crippen LogP) is 1.19. The Labute approximate surface area is 109 Å². The third-order valence-corrected chi connectivity index (χ3v) is 5.38. The third-order valence-electron chi connectivity index (χ3n) is 3.56. The molecular weight excluding hydrogens is 248 g/mol. The molecule has 0 saturated carbocycles. The molecule has 4 nitrogen and oxygen atoms in total. The van der Waals surface area contributed by atoms with Crippen molar-refractivity contribution in [2.24, 2.45) is 11.7 Å². The Morgan fingerprint density at radius 1 is 1.33 bits per heavy atom. The summed E-state index contributed by atoms with van der Waals surface area (Å²) in [4.78, 5) is 0. The van der Waals surface area contributed by atoms with Crippen LogP contribution in [0.5, 0.6) is 0 Å². The normalized spacial score (nSPS) is 26.1. The SMILES string of the molecule is CC1CCN(S(=O)(=O)Cc2ccccc2)CC1N. The highest BCUT2D eigenvalue weighted by Crippen LogP contribution is 2.20. The van der Waals surface area contributed by atoms with Gasteiger partial charge in [0.1, 0.15) is 0 Å². The molecule has 1 saturated heterocycles. The summed E-state index contributed by atoms with van der Waals surface area (Å²) in [6.45, 7) is 3.10. The lowest BCUT2D eigenvalue weighted by molar-refractivity contribution is 0.252. The van der Waals surface area contributed by atoms with Gasteiger partial charge in [-0.2, -0.15) is 0 Å². The van der Waals surface area contributed by atoms with E-state index < -0.39 is 10.0 Å². The Hall–Kier alpha value is -0.910. The molecule has 1 aliphatic heterocycles. The Balaban J connectivity index is 2.08. The van der Waals surface area contributed by atoms with Gasteiger partial charge in [-0.25, -0.2) is 12.7 Å². The van der Waals surface area contributed by atoms with E-state index in [2.05, 4.69) is 6.92 Å². The highest BCUT2D eigenvalue weighted by atomic mass is 32.2. The van der Waals surface area contributed by atoms with Crippen molar-refractivity contribution in [3.05, 3.63) is 35.9 Å². The zero-order chi connectivity index (χ0) is 13.2. The maximum Gasteiger partial charge on any atom is 0.218 e. The smallest absolute Gasteiger partial charge is 0.218 e. The van der Waals surface area contributed by atoms with Crippen LogP contribution in [-0.2, 0) is 15.8 Å². The first kappa shape index (κ1) is 13.5. The van der Waals surface area contributed by atoms with Gasteiger partial charge >= 0.3 is 0 Å². The monoisotopic (exact) mass is 268 g/mol.